The Morgan fingerprint density at radius 3 is 3.14 bits per heavy atom. The number of nitrogens with one attached hydrogen (secondary N) is 1. The van der Waals surface area contributed by atoms with Gasteiger partial charge in [-0.3, -0.25) is 19.6 Å². The molecule has 0 aliphatic carbocycles. The van der Waals surface area contributed by atoms with Crippen LogP contribution < -0.4 is 15.1 Å². The van der Waals surface area contributed by atoms with E-state index in [2.05, 4.69) is 15.6 Å². The minimum atomic E-state index is -0.125. The minimum absolute atomic E-state index is 0.125. The van der Waals surface area contributed by atoms with Gasteiger partial charge in [-0.1, -0.05) is 23.5 Å². The maximum Gasteiger partial charge on any atom is 0.305 e. The van der Waals surface area contributed by atoms with Crippen LogP contribution in [-0.2, 0) is 9.53 Å². The quantitative estimate of drug-likeness (QED) is 0.759. The zero-order valence-electron chi connectivity index (χ0n) is 11.4. The zero-order valence-corrected chi connectivity index (χ0v) is 13.0. The molecule has 2 aliphatic rings. The average molecular weight is 330 g/mol. The van der Waals surface area contributed by atoms with E-state index < -0.39 is 0 Å². The predicted molar refractivity (Wildman–Crippen MR) is 81.3 cm³/mol. The molecule has 2 aliphatic heterocycles. The fraction of sp³-hybridized carbons (Fsp3) is 0.636. The highest BCUT2D eigenvalue weighted by molar-refractivity contribution is 8.39. The molecule has 0 spiro atoms. The molecule has 1 aromatic heterocycles. The topological polar surface area (TPSA) is 83.8 Å². The number of ether oxygens (including phenoxy) is 1. The highest BCUT2D eigenvalue weighted by atomic mass is 32.2. The maximum atomic E-state index is 11.8. The van der Waals surface area contributed by atoms with Crippen molar-refractivity contribution in [2.45, 2.75) is 0 Å². The van der Waals surface area contributed by atoms with Crippen molar-refractivity contribution in [1.29, 1.82) is 0 Å². The Morgan fingerprint density at radius 2 is 2.38 bits per heavy atom. The lowest BCUT2D eigenvalue weighted by Gasteiger charge is -2.18. The number of hydrogen-bond donors (Lipinski definition) is 1. The summed E-state index contributed by atoms with van der Waals surface area (Å²) in [5.74, 6) is 1.55. The van der Waals surface area contributed by atoms with Crippen LogP contribution in [0.4, 0.5) is 5.88 Å². The monoisotopic (exact) mass is 330 g/mol. The van der Waals surface area contributed by atoms with Gasteiger partial charge in [0.25, 0.3) is 6.20 Å². The molecule has 1 N–H and O–H groups in total. The molecule has 0 saturated carbocycles. The third-order valence-corrected chi connectivity index (χ3v) is 5.13. The number of nitrogens with zero attached hydrogens (tertiary/aromatic N) is 4. The summed E-state index contributed by atoms with van der Waals surface area (Å²) in [6.07, 6.45) is 1.66. The standard InChI is InChI=1S/C11H15N5O3S2/c17-9(8-21-11-12-1-6-20-11)13-10-7-16(14-19-10)15-2-4-18-5-3-15/h7H,1-6,8H2/p+1. The van der Waals surface area contributed by atoms with Crippen LogP contribution >= 0.6 is 23.5 Å². The molecule has 1 aromatic rings. The van der Waals surface area contributed by atoms with E-state index in [-0.39, 0.29) is 5.91 Å². The number of hydrogen-bond acceptors (Lipinski definition) is 8. The van der Waals surface area contributed by atoms with Crippen molar-refractivity contribution in [2.75, 3.05) is 54.7 Å². The van der Waals surface area contributed by atoms with Gasteiger partial charge in [0.15, 0.2) is 0 Å². The van der Waals surface area contributed by atoms with Crippen LogP contribution in [0.1, 0.15) is 0 Å². The minimum Gasteiger partial charge on any atom is -0.377 e. The summed E-state index contributed by atoms with van der Waals surface area (Å²) in [6.45, 7) is 3.67. The van der Waals surface area contributed by atoms with Crippen LogP contribution in [0.15, 0.2) is 15.7 Å². The van der Waals surface area contributed by atoms with E-state index in [1.807, 2.05) is 5.01 Å². The second kappa shape index (κ2) is 7.14. The molecule has 0 unspecified atom stereocenters. The summed E-state index contributed by atoms with van der Waals surface area (Å²) in [6, 6.07) is 0. The predicted octanol–water partition coefficient (Wildman–Crippen LogP) is -0.295. The van der Waals surface area contributed by atoms with E-state index in [0.29, 0.717) is 24.9 Å². The zero-order chi connectivity index (χ0) is 14.5. The first-order valence-electron chi connectivity index (χ1n) is 6.63. The Morgan fingerprint density at radius 1 is 1.52 bits per heavy atom. The molecule has 1 amide bonds. The summed E-state index contributed by atoms with van der Waals surface area (Å²) >= 11 is 3.14. The normalized spacial score (nSPS) is 18.7. The molecule has 1 saturated heterocycles. The van der Waals surface area contributed by atoms with Crippen LogP contribution in [0.5, 0.6) is 0 Å². The Balaban J connectivity index is 1.48. The fourth-order valence-corrected chi connectivity index (χ4v) is 3.70. The maximum absolute atomic E-state index is 11.8. The first kappa shape index (κ1) is 14.7. The van der Waals surface area contributed by atoms with Gasteiger partial charge < -0.3 is 4.74 Å². The van der Waals surface area contributed by atoms with Gasteiger partial charge in [-0.15, -0.1) is 5.01 Å². The second-order valence-electron chi connectivity index (χ2n) is 4.39. The molecule has 0 radical (unpaired) electrons. The Labute approximate surface area is 130 Å². The summed E-state index contributed by atoms with van der Waals surface area (Å²) in [5, 5.41) is 8.57. The second-order valence-corrected chi connectivity index (χ2v) is 6.69. The third-order valence-electron chi connectivity index (χ3n) is 2.88. The number of rotatable bonds is 4. The lowest BCUT2D eigenvalue weighted by molar-refractivity contribution is -0.759. The van der Waals surface area contributed by atoms with Gasteiger partial charge >= 0.3 is 5.88 Å². The Kier molecular flexibility index (Phi) is 4.99. The summed E-state index contributed by atoms with van der Waals surface area (Å²) in [5.41, 5.74) is 0. The highest BCUT2D eigenvalue weighted by Crippen LogP contribution is 2.21. The Hall–Kier alpha value is -1.26. The van der Waals surface area contributed by atoms with Crippen molar-refractivity contribution < 1.29 is 18.8 Å². The lowest BCUT2D eigenvalue weighted by atomic mass is 10.5. The fourth-order valence-electron chi connectivity index (χ4n) is 1.89. The largest absolute Gasteiger partial charge is 0.377 e. The SMILES string of the molecule is O=C(CSC1=NCCS1)Nc1c[n+](N2CCOCC2)no1. The van der Waals surface area contributed by atoms with Gasteiger partial charge in [-0.2, -0.15) is 0 Å². The van der Waals surface area contributed by atoms with Crippen LogP contribution in [-0.4, -0.2) is 59.9 Å². The van der Waals surface area contributed by atoms with Crippen molar-refractivity contribution in [3.05, 3.63) is 6.20 Å². The molecule has 114 valence electrons. The molecule has 10 heteroatoms. The number of aromatic nitrogens is 2. The van der Waals surface area contributed by atoms with Gasteiger partial charge in [-0.25, -0.2) is 0 Å². The Bertz CT molecular complexity index is 530. The molecular formula is C11H16N5O3S2+. The number of morpholine rings is 1. The summed E-state index contributed by atoms with van der Waals surface area (Å²) in [4.78, 5) is 17.7. The molecule has 1 fully saturated rings. The number of thioether (sulfide) groups is 2. The van der Waals surface area contributed by atoms with E-state index >= 15 is 0 Å². The molecular weight excluding hydrogens is 314 g/mol. The number of aliphatic imine (C=N–C) groups is 1. The van der Waals surface area contributed by atoms with E-state index in [1.54, 1.807) is 22.7 Å². The lowest BCUT2D eigenvalue weighted by Crippen LogP contribution is -2.62. The van der Waals surface area contributed by atoms with Crippen molar-refractivity contribution in [3.63, 3.8) is 0 Å². The van der Waals surface area contributed by atoms with Crippen LogP contribution in [0.3, 0.4) is 0 Å². The van der Waals surface area contributed by atoms with E-state index in [1.165, 1.54) is 11.8 Å². The number of carbonyl (C=O) groups is 1. The molecule has 8 nitrogen and oxygen atoms in total. The van der Waals surface area contributed by atoms with E-state index in [0.717, 1.165) is 29.8 Å². The van der Waals surface area contributed by atoms with Crippen LogP contribution in [0.2, 0.25) is 0 Å². The van der Waals surface area contributed by atoms with Gasteiger partial charge in [0, 0.05) is 5.75 Å². The van der Waals surface area contributed by atoms with E-state index in [4.69, 9.17) is 9.26 Å². The van der Waals surface area contributed by atoms with Crippen LogP contribution in [0.25, 0.3) is 0 Å². The van der Waals surface area contributed by atoms with Crippen molar-refractivity contribution in [3.8, 4) is 0 Å². The van der Waals surface area contributed by atoms with Crippen molar-refractivity contribution in [2.24, 2.45) is 4.99 Å². The smallest absolute Gasteiger partial charge is 0.305 e. The molecule has 3 heterocycles. The molecule has 0 atom stereocenters. The number of carbonyl (C=O) groups excluding carboxylic acids is 1. The first-order valence-corrected chi connectivity index (χ1v) is 8.60. The molecule has 0 aromatic carbocycles. The van der Waals surface area contributed by atoms with E-state index in [9.17, 15) is 4.79 Å². The third kappa shape index (κ3) is 4.11. The van der Waals surface area contributed by atoms with Crippen molar-refractivity contribution in [1.82, 2.24) is 5.27 Å². The number of amides is 1. The molecule has 21 heavy (non-hydrogen) atoms. The molecule has 3 rings (SSSR count). The van der Waals surface area contributed by atoms with Crippen LogP contribution in [0, 0.1) is 0 Å². The molecule has 0 bridgehead atoms. The van der Waals surface area contributed by atoms with Gasteiger partial charge in [0.1, 0.15) is 4.38 Å². The summed E-state index contributed by atoms with van der Waals surface area (Å²) in [7, 11) is 0. The average Bonchev–Trinajstić information content (AvgIpc) is 3.17. The highest BCUT2D eigenvalue weighted by Gasteiger charge is 2.23. The number of anilines is 1. The van der Waals surface area contributed by atoms with Gasteiger partial charge in [0.05, 0.1) is 43.4 Å². The first-order chi connectivity index (χ1) is 10.3. The van der Waals surface area contributed by atoms with Crippen molar-refractivity contribution >= 4 is 39.7 Å². The van der Waals surface area contributed by atoms with Gasteiger partial charge in [-0.05, 0) is 0 Å². The van der Waals surface area contributed by atoms with Gasteiger partial charge in [0.2, 0.25) is 11.2 Å². The summed E-state index contributed by atoms with van der Waals surface area (Å²) < 4.78 is 11.4.